The van der Waals surface area contributed by atoms with Gasteiger partial charge in [-0.05, 0) is 13.8 Å². The molecule has 16 heavy (non-hydrogen) atoms. The van der Waals surface area contributed by atoms with E-state index in [0.29, 0.717) is 0 Å². The molecule has 88 valence electrons. The Bertz CT molecular complexity index is 376. The van der Waals surface area contributed by atoms with Crippen molar-refractivity contribution < 1.29 is 29.0 Å². The Balaban J connectivity index is 3.16. The van der Waals surface area contributed by atoms with Crippen LogP contribution in [0.3, 0.4) is 0 Å². The van der Waals surface area contributed by atoms with Crippen LogP contribution in [0.5, 0.6) is 0 Å². The summed E-state index contributed by atoms with van der Waals surface area (Å²) in [4.78, 5) is 45.1. The van der Waals surface area contributed by atoms with Crippen molar-refractivity contribution in [3.63, 3.8) is 0 Å². The van der Waals surface area contributed by atoms with Gasteiger partial charge in [0.25, 0.3) is 11.5 Å². The fourth-order valence-corrected chi connectivity index (χ4v) is 1.53. The molecule has 2 unspecified atom stereocenters. The topological polar surface area (TPSA) is 110 Å². The Morgan fingerprint density at radius 3 is 2.50 bits per heavy atom. The van der Waals surface area contributed by atoms with Gasteiger partial charge in [0.15, 0.2) is 0 Å². The third-order valence-corrected chi connectivity index (χ3v) is 2.26. The second kappa shape index (κ2) is 4.01. The van der Waals surface area contributed by atoms with Gasteiger partial charge in [0.1, 0.15) is 11.7 Å². The Morgan fingerprint density at radius 1 is 1.50 bits per heavy atom. The molecule has 2 N–H and O–H groups in total. The van der Waals surface area contributed by atoms with Crippen molar-refractivity contribution in [2.24, 2.45) is 5.92 Å². The first-order valence-corrected chi connectivity index (χ1v) is 4.61. The highest BCUT2D eigenvalue weighted by atomic mass is 16.6. The summed E-state index contributed by atoms with van der Waals surface area (Å²) in [5.41, 5.74) is -2.74. The maximum Gasteiger partial charge on any atom is 0.349 e. The van der Waals surface area contributed by atoms with E-state index in [1.807, 2.05) is 0 Å². The molecule has 0 bridgehead atoms. The molecule has 0 aromatic heterocycles. The second-order valence-corrected chi connectivity index (χ2v) is 3.35. The first-order valence-electron chi connectivity index (χ1n) is 4.61. The van der Waals surface area contributed by atoms with E-state index >= 15 is 0 Å². The van der Waals surface area contributed by atoms with Crippen molar-refractivity contribution in [2.75, 3.05) is 6.61 Å². The molecule has 1 fully saturated rings. The minimum Gasteiger partial charge on any atom is -0.463 e. The number of aliphatic hydroxyl groups is 1. The number of hydrogen-bond donors (Lipinski definition) is 2. The fourth-order valence-electron chi connectivity index (χ4n) is 1.53. The zero-order chi connectivity index (χ0) is 12.5. The number of imide groups is 1. The third kappa shape index (κ3) is 1.58. The lowest BCUT2D eigenvalue weighted by Gasteiger charge is -2.21. The summed E-state index contributed by atoms with van der Waals surface area (Å²) in [7, 11) is 0. The number of ketones is 1. The summed E-state index contributed by atoms with van der Waals surface area (Å²) in [5, 5.41) is 11.6. The molecule has 7 nitrogen and oxygen atoms in total. The smallest absolute Gasteiger partial charge is 0.349 e. The van der Waals surface area contributed by atoms with Crippen molar-refractivity contribution in [2.45, 2.75) is 19.4 Å². The third-order valence-electron chi connectivity index (χ3n) is 2.26. The number of carbonyl (C=O) groups is 4. The Labute approximate surface area is 90.8 Å². The van der Waals surface area contributed by atoms with Crippen LogP contribution in [0.4, 0.5) is 0 Å². The molecule has 0 aromatic rings. The first-order chi connectivity index (χ1) is 7.35. The summed E-state index contributed by atoms with van der Waals surface area (Å²) in [6.45, 7) is 2.40. The Kier molecular flexibility index (Phi) is 3.09. The molecule has 2 atom stereocenters. The van der Waals surface area contributed by atoms with Crippen molar-refractivity contribution in [3.8, 4) is 0 Å². The summed E-state index contributed by atoms with van der Waals surface area (Å²) >= 11 is 0. The van der Waals surface area contributed by atoms with E-state index in [1.165, 1.54) is 6.92 Å². The van der Waals surface area contributed by atoms with Crippen LogP contribution in [0.2, 0.25) is 0 Å². The first kappa shape index (κ1) is 12.3. The molecule has 0 radical (unpaired) electrons. The molecule has 0 aromatic carbocycles. The average molecular weight is 229 g/mol. The van der Waals surface area contributed by atoms with E-state index in [2.05, 4.69) is 4.74 Å². The molecule has 1 heterocycles. The maximum atomic E-state index is 11.4. The molecule has 0 aliphatic carbocycles. The summed E-state index contributed by atoms with van der Waals surface area (Å²) in [6, 6.07) is 0. The zero-order valence-corrected chi connectivity index (χ0v) is 8.77. The van der Waals surface area contributed by atoms with Crippen LogP contribution in [0.1, 0.15) is 13.8 Å². The second-order valence-electron chi connectivity index (χ2n) is 3.35. The number of carbonyl (C=O) groups excluding carboxylic acids is 4. The molecule has 1 aliphatic heterocycles. The molecule has 7 heteroatoms. The number of Topliss-reactive ketones (excluding diaryl/α,β-unsaturated/α-hetero) is 1. The lowest BCUT2D eigenvalue weighted by Crippen LogP contribution is -2.53. The van der Waals surface area contributed by atoms with Gasteiger partial charge in [-0.2, -0.15) is 0 Å². The van der Waals surface area contributed by atoms with E-state index in [9.17, 15) is 24.3 Å². The molecular formula is C9H11NO6. The SMILES string of the molecule is CCOC(=O)C1(O)C(=O)NC(=O)C1C(C)=O. The Morgan fingerprint density at radius 2 is 2.06 bits per heavy atom. The average Bonchev–Trinajstić information content (AvgIpc) is 2.38. The highest BCUT2D eigenvalue weighted by molar-refractivity contribution is 6.26. The van der Waals surface area contributed by atoms with Crippen molar-refractivity contribution in [1.82, 2.24) is 5.32 Å². The summed E-state index contributed by atoms with van der Waals surface area (Å²) in [5.74, 6) is -6.03. The van der Waals surface area contributed by atoms with Crippen LogP contribution in [0, 0.1) is 5.92 Å². The zero-order valence-electron chi connectivity index (χ0n) is 8.77. The van der Waals surface area contributed by atoms with E-state index < -0.39 is 35.1 Å². The van der Waals surface area contributed by atoms with E-state index in [-0.39, 0.29) is 6.61 Å². The Hall–Kier alpha value is -1.76. The predicted octanol–water partition coefficient (Wildman–Crippen LogP) is -1.86. The number of rotatable bonds is 3. The number of esters is 1. The lowest BCUT2D eigenvalue weighted by atomic mass is 9.87. The number of hydrogen-bond acceptors (Lipinski definition) is 6. The highest BCUT2D eigenvalue weighted by Crippen LogP contribution is 2.26. The van der Waals surface area contributed by atoms with Gasteiger partial charge < -0.3 is 9.84 Å². The number of amides is 2. The van der Waals surface area contributed by atoms with Gasteiger partial charge in [0, 0.05) is 0 Å². The molecule has 0 spiro atoms. The fraction of sp³-hybridized carbons (Fsp3) is 0.556. The van der Waals surface area contributed by atoms with Crippen LogP contribution in [0.25, 0.3) is 0 Å². The molecule has 0 saturated carbocycles. The molecule has 2 amide bonds. The van der Waals surface area contributed by atoms with Crippen LogP contribution >= 0.6 is 0 Å². The van der Waals surface area contributed by atoms with E-state index in [1.54, 1.807) is 5.32 Å². The van der Waals surface area contributed by atoms with Crippen molar-refractivity contribution in [1.29, 1.82) is 0 Å². The standard InChI is InChI=1S/C9H11NO6/c1-3-16-8(14)9(15)5(4(2)11)6(12)10-7(9)13/h5,15H,3H2,1-2H3,(H,10,12,13). The largest absolute Gasteiger partial charge is 0.463 e. The molecule has 1 saturated heterocycles. The molecule has 1 aliphatic rings. The quantitative estimate of drug-likeness (QED) is 0.333. The maximum absolute atomic E-state index is 11.4. The number of nitrogens with one attached hydrogen (secondary N) is 1. The van der Waals surface area contributed by atoms with Crippen LogP contribution in [-0.2, 0) is 23.9 Å². The van der Waals surface area contributed by atoms with Gasteiger partial charge in [-0.15, -0.1) is 0 Å². The summed E-state index contributed by atoms with van der Waals surface area (Å²) in [6.07, 6.45) is 0. The highest BCUT2D eigenvalue weighted by Gasteiger charge is 2.63. The molecule has 1 rings (SSSR count). The van der Waals surface area contributed by atoms with Gasteiger partial charge in [-0.1, -0.05) is 0 Å². The lowest BCUT2D eigenvalue weighted by molar-refractivity contribution is -0.175. The van der Waals surface area contributed by atoms with E-state index in [4.69, 9.17) is 0 Å². The van der Waals surface area contributed by atoms with Gasteiger partial charge in [-0.25, -0.2) is 4.79 Å². The van der Waals surface area contributed by atoms with E-state index in [0.717, 1.165) is 6.92 Å². The minimum absolute atomic E-state index is 0.0762. The van der Waals surface area contributed by atoms with Crippen LogP contribution in [0.15, 0.2) is 0 Å². The van der Waals surface area contributed by atoms with Gasteiger partial charge in [-0.3, -0.25) is 19.7 Å². The van der Waals surface area contributed by atoms with Gasteiger partial charge in [0.05, 0.1) is 6.61 Å². The predicted molar refractivity (Wildman–Crippen MR) is 48.9 cm³/mol. The van der Waals surface area contributed by atoms with Gasteiger partial charge >= 0.3 is 5.97 Å². The van der Waals surface area contributed by atoms with Crippen molar-refractivity contribution in [3.05, 3.63) is 0 Å². The summed E-state index contributed by atoms with van der Waals surface area (Å²) < 4.78 is 4.47. The minimum atomic E-state index is -2.74. The van der Waals surface area contributed by atoms with Gasteiger partial charge in [0.2, 0.25) is 5.91 Å². The normalized spacial score (nSPS) is 28.8. The van der Waals surface area contributed by atoms with Crippen LogP contribution in [-0.4, -0.2) is 40.9 Å². The van der Waals surface area contributed by atoms with Crippen LogP contribution < -0.4 is 5.32 Å². The monoisotopic (exact) mass is 229 g/mol. The molecular weight excluding hydrogens is 218 g/mol. The van der Waals surface area contributed by atoms with Crippen molar-refractivity contribution >= 4 is 23.6 Å². The number of ether oxygens (including phenoxy) is 1.